The van der Waals surface area contributed by atoms with Gasteiger partial charge in [0.05, 0.1) is 45.0 Å². The number of aromatic amines is 2. The molecule has 0 bridgehead atoms. The number of carbonyl (C=O) groups excluding carboxylic acids is 2. The molecule has 2 aliphatic heterocycles. The van der Waals surface area contributed by atoms with Crippen molar-refractivity contribution in [2.24, 2.45) is 0 Å². The molecular formula is C65H59BN10O4. The van der Waals surface area contributed by atoms with Crippen LogP contribution in [0.15, 0.2) is 171 Å². The maximum Gasteiger partial charge on any atom is 0.252 e. The van der Waals surface area contributed by atoms with E-state index in [9.17, 15) is 19.8 Å². The number of aromatic nitrogens is 8. The van der Waals surface area contributed by atoms with Gasteiger partial charge >= 0.3 is 0 Å². The van der Waals surface area contributed by atoms with Crippen LogP contribution >= 0.6 is 0 Å². The fourth-order valence-electron chi connectivity index (χ4n) is 12.2. The number of amides is 2. The smallest absolute Gasteiger partial charge is 0.252 e. The second-order valence-corrected chi connectivity index (χ2v) is 21.1. The molecule has 12 aromatic rings. The third-order valence-corrected chi connectivity index (χ3v) is 16.1. The van der Waals surface area contributed by atoms with Gasteiger partial charge in [-0.05, 0) is 158 Å². The number of para-hydroxylation sites is 2. The highest BCUT2D eigenvalue weighted by Gasteiger charge is 2.35. The number of benzene rings is 6. The van der Waals surface area contributed by atoms with E-state index in [0.717, 1.165) is 119 Å². The molecule has 2 atom stereocenters. The van der Waals surface area contributed by atoms with Gasteiger partial charge in [-0.25, -0.2) is 9.97 Å². The van der Waals surface area contributed by atoms with Crippen LogP contribution in [-0.4, -0.2) is 68.1 Å². The fraction of sp³-hybridized carbons (Fsp3) is 0.200. The molecule has 0 fully saturated rings. The average molecular weight is 1060 g/mol. The van der Waals surface area contributed by atoms with Crippen molar-refractivity contribution in [3.05, 3.63) is 238 Å². The Morgan fingerprint density at radius 3 is 1.64 bits per heavy atom. The van der Waals surface area contributed by atoms with Crippen LogP contribution in [0.2, 0.25) is 0 Å². The number of H-pyrrole nitrogens is 2. The first kappa shape index (κ1) is 50.0. The van der Waals surface area contributed by atoms with Gasteiger partial charge in [0.2, 0.25) is 0 Å². The van der Waals surface area contributed by atoms with E-state index in [1.807, 2.05) is 47.4 Å². The second-order valence-electron chi connectivity index (χ2n) is 21.1. The molecule has 2 unspecified atom stereocenters. The van der Waals surface area contributed by atoms with Gasteiger partial charge in [0.25, 0.3) is 11.8 Å². The van der Waals surface area contributed by atoms with Crippen molar-refractivity contribution in [1.29, 1.82) is 0 Å². The molecule has 0 saturated carbocycles. The van der Waals surface area contributed by atoms with Crippen LogP contribution in [0.3, 0.4) is 0 Å². The summed E-state index contributed by atoms with van der Waals surface area (Å²) in [4.78, 5) is 41.8. The maximum absolute atomic E-state index is 12.8. The number of fused-ring (bicyclic) bond motifs is 6. The summed E-state index contributed by atoms with van der Waals surface area (Å²) >= 11 is 0. The quantitative estimate of drug-likeness (QED) is 0.0525. The van der Waals surface area contributed by atoms with Crippen molar-refractivity contribution in [2.45, 2.75) is 83.6 Å². The lowest BCUT2D eigenvalue weighted by atomic mass is 9.94. The molecular weight excluding hydrogens is 996 g/mol. The second kappa shape index (κ2) is 21.0. The van der Waals surface area contributed by atoms with Crippen molar-refractivity contribution >= 4 is 63.3 Å². The molecule has 6 aromatic heterocycles. The number of hydrogen-bond donors (Lipinski definition) is 6. The third-order valence-electron chi connectivity index (χ3n) is 16.1. The van der Waals surface area contributed by atoms with Gasteiger partial charge in [-0.3, -0.25) is 9.59 Å². The minimum Gasteiger partial charge on any atom is -0.508 e. The van der Waals surface area contributed by atoms with Crippen LogP contribution in [0, 0.1) is 0 Å². The first-order valence-electron chi connectivity index (χ1n) is 27.5. The van der Waals surface area contributed by atoms with Gasteiger partial charge in [-0.1, -0.05) is 60.7 Å². The molecule has 8 heterocycles. The number of rotatable bonds is 16. The van der Waals surface area contributed by atoms with Crippen molar-refractivity contribution in [3.8, 4) is 11.5 Å². The zero-order valence-electron chi connectivity index (χ0n) is 44.4. The Kier molecular flexibility index (Phi) is 13.2. The minimum absolute atomic E-state index is 0.103. The summed E-state index contributed by atoms with van der Waals surface area (Å²) < 4.78 is 8.56. The van der Waals surface area contributed by atoms with Crippen LogP contribution in [0.4, 0.5) is 0 Å². The molecule has 15 heteroatoms. The topological polar surface area (TPSA) is 176 Å². The van der Waals surface area contributed by atoms with Crippen molar-refractivity contribution in [3.63, 3.8) is 0 Å². The first-order valence-corrected chi connectivity index (χ1v) is 27.5. The summed E-state index contributed by atoms with van der Waals surface area (Å²) in [7, 11) is 5.72. The molecule has 0 spiro atoms. The maximum atomic E-state index is 12.8. The normalized spacial score (nSPS) is 14.7. The number of nitrogens with one attached hydrogen (secondary N) is 4. The fourth-order valence-corrected chi connectivity index (χ4v) is 12.2. The Hall–Kier alpha value is -9.50. The predicted molar refractivity (Wildman–Crippen MR) is 313 cm³/mol. The summed E-state index contributed by atoms with van der Waals surface area (Å²) in [6, 6.07) is 43.5. The highest BCUT2D eigenvalue weighted by Crippen LogP contribution is 2.41. The summed E-state index contributed by atoms with van der Waals surface area (Å²) in [6.07, 6.45) is 17.8. The lowest BCUT2D eigenvalue weighted by Crippen LogP contribution is -2.20. The third kappa shape index (κ3) is 9.48. The Morgan fingerprint density at radius 2 is 1.11 bits per heavy atom. The zero-order valence-corrected chi connectivity index (χ0v) is 44.4. The van der Waals surface area contributed by atoms with Crippen LogP contribution in [0.25, 0.3) is 43.6 Å². The number of imidazole rings is 2. The monoisotopic (exact) mass is 1050 g/mol. The number of carbonyl (C=O) groups is 2. The summed E-state index contributed by atoms with van der Waals surface area (Å²) in [6.45, 7) is 4.49. The highest BCUT2D eigenvalue weighted by atomic mass is 16.3. The molecule has 2 aliphatic rings. The van der Waals surface area contributed by atoms with E-state index in [4.69, 9.17) is 7.85 Å². The summed E-state index contributed by atoms with van der Waals surface area (Å²) in [5.74, 6) is 1.18. The Balaban J connectivity index is 0.000000151. The van der Waals surface area contributed by atoms with E-state index >= 15 is 0 Å². The number of aromatic hydroxyl groups is 2. The molecule has 0 aliphatic carbocycles. The highest BCUT2D eigenvalue weighted by molar-refractivity contribution is 6.06. The number of nitrogens with zero attached hydrogens (tertiary/aromatic N) is 6. The lowest BCUT2D eigenvalue weighted by molar-refractivity contribution is 0.0952. The zero-order chi connectivity index (χ0) is 54.4. The first-order chi connectivity index (χ1) is 39.2. The summed E-state index contributed by atoms with van der Waals surface area (Å²) in [5, 5.41) is 31.3. The van der Waals surface area contributed by atoms with E-state index in [1.165, 1.54) is 32.9 Å². The molecule has 2 amide bonds. The molecule has 396 valence electrons. The Bertz CT molecular complexity index is 4300. The Morgan fingerprint density at radius 1 is 0.575 bits per heavy atom. The van der Waals surface area contributed by atoms with Crippen LogP contribution in [-0.2, 0) is 51.8 Å². The molecule has 2 radical (unpaired) electrons. The lowest BCUT2D eigenvalue weighted by Gasteiger charge is -2.15. The van der Waals surface area contributed by atoms with Crippen molar-refractivity contribution < 1.29 is 19.8 Å². The average Bonchev–Trinajstić information content (AvgIpc) is 4.40. The van der Waals surface area contributed by atoms with Gasteiger partial charge in [0, 0.05) is 104 Å². The standard InChI is InChI=1S/C33H31N5O2.C32H28BN5O2/c1-2-37-17-15-34-30(37)20-38-16-14-22-11-10-21(18-29(22)38)6-5-9-28-31(25-7-3-4-8-27(25)35-28)32-26-19-23(39)12-13-24(26)33(40)36-32;33-18-37-16-22(34-19-37)17-38-13-12-21-9-8-20(14-29(21)38)4-3-7-28-30(25-5-1-2-6-27(25)35-28)31-26-15-23(39)10-11-24(26)32(40)36-31/h3-4,7-8,10-19,32,35,39H,2,5-6,9,20H2,1H3,(H,36,40);1-2,5-6,8-16,19,31,35,39H,3-4,7,17-18H2,(H,36,40). The molecule has 14 nitrogen and oxygen atoms in total. The van der Waals surface area contributed by atoms with Gasteiger partial charge in [-0.2, -0.15) is 0 Å². The van der Waals surface area contributed by atoms with Crippen molar-refractivity contribution in [2.75, 3.05) is 0 Å². The van der Waals surface area contributed by atoms with E-state index in [1.54, 1.807) is 42.7 Å². The molecule has 0 saturated heterocycles. The molecule has 80 heavy (non-hydrogen) atoms. The Labute approximate surface area is 463 Å². The number of phenolic OH excluding ortho intramolecular Hbond substituents is 2. The summed E-state index contributed by atoms with van der Waals surface area (Å²) in [5.41, 5.74) is 15.4. The molecule has 6 aromatic carbocycles. The SMILES string of the molecule is CCn1ccnc1Cn1ccc2ccc(CCCc3[nH]c4ccccc4c3C3NC(=O)c4ccc(O)cc43)cc21.[B]Cn1cnc(Cn2ccc3ccc(CCCc4[nH]c5ccccc5c4C4NC(=O)c5ccc(O)cc54)cc32)c1. The number of aryl methyl sites for hydroxylation is 5. The van der Waals surface area contributed by atoms with E-state index in [-0.39, 0.29) is 35.4 Å². The van der Waals surface area contributed by atoms with E-state index in [0.29, 0.717) is 24.1 Å². The van der Waals surface area contributed by atoms with Crippen LogP contribution < -0.4 is 10.6 Å². The number of hydrogen-bond acceptors (Lipinski definition) is 6. The predicted octanol–water partition coefficient (Wildman–Crippen LogP) is 11.3. The molecule has 14 rings (SSSR count). The van der Waals surface area contributed by atoms with Gasteiger partial charge in [0.15, 0.2) is 0 Å². The van der Waals surface area contributed by atoms with Crippen molar-refractivity contribution in [1.82, 2.24) is 48.8 Å². The minimum atomic E-state index is -0.303. The van der Waals surface area contributed by atoms with Crippen LogP contribution in [0.1, 0.15) is 109 Å². The molecule has 6 N–H and O–H groups in total. The van der Waals surface area contributed by atoms with Gasteiger partial charge in [-0.15, -0.1) is 0 Å². The largest absolute Gasteiger partial charge is 0.508 e. The van der Waals surface area contributed by atoms with E-state index in [2.05, 4.69) is 136 Å². The van der Waals surface area contributed by atoms with Gasteiger partial charge < -0.3 is 49.1 Å². The number of phenols is 2. The van der Waals surface area contributed by atoms with Crippen LogP contribution in [0.5, 0.6) is 11.5 Å². The van der Waals surface area contributed by atoms with Gasteiger partial charge in [0.1, 0.15) is 17.3 Å². The van der Waals surface area contributed by atoms with E-state index < -0.39 is 0 Å².